The minimum atomic E-state index is -0.526. The third kappa shape index (κ3) is 4.37. The number of ether oxygens (including phenoxy) is 2. The topological polar surface area (TPSA) is 72.0 Å². The van der Waals surface area contributed by atoms with Gasteiger partial charge in [0.2, 0.25) is 0 Å². The van der Waals surface area contributed by atoms with Crippen molar-refractivity contribution in [1.29, 1.82) is 0 Å². The molecule has 7 nitrogen and oxygen atoms in total. The van der Waals surface area contributed by atoms with Crippen LogP contribution in [0.3, 0.4) is 0 Å². The van der Waals surface area contributed by atoms with E-state index in [-0.39, 0.29) is 12.1 Å². The summed E-state index contributed by atoms with van der Waals surface area (Å²) >= 11 is 1.36. The minimum Gasteiger partial charge on any atom is -0.449 e. The summed E-state index contributed by atoms with van der Waals surface area (Å²) in [5.74, 6) is 0. The first-order valence-electron chi connectivity index (χ1n) is 8.08. The fourth-order valence-electron chi connectivity index (χ4n) is 2.50. The summed E-state index contributed by atoms with van der Waals surface area (Å²) in [4.78, 5) is 31.8. The van der Waals surface area contributed by atoms with Crippen LogP contribution in [0, 0.1) is 0 Å². The number of thiazole rings is 1. The van der Waals surface area contributed by atoms with Gasteiger partial charge in [0, 0.05) is 19.0 Å². The Morgan fingerprint density at radius 3 is 2.79 bits per heavy atom. The quantitative estimate of drug-likeness (QED) is 0.824. The number of carbonyl (C=O) groups excluding carboxylic acids is 2. The Morgan fingerprint density at radius 1 is 1.46 bits per heavy atom. The molecule has 1 fully saturated rings. The summed E-state index contributed by atoms with van der Waals surface area (Å²) in [5.41, 5.74) is 0.260. The molecule has 134 valence electrons. The second-order valence-electron chi connectivity index (χ2n) is 6.64. The highest BCUT2D eigenvalue weighted by Gasteiger charge is 2.34. The van der Waals surface area contributed by atoms with Crippen LogP contribution in [0.25, 0.3) is 0 Å². The molecule has 1 aromatic rings. The Kier molecular flexibility index (Phi) is 5.69. The minimum absolute atomic E-state index is 0.111. The largest absolute Gasteiger partial charge is 0.449 e. The van der Waals surface area contributed by atoms with E-state index >= 15 is 0 Å². The maximum absolute atomic E-state index is 12.4. The molecule has 2 amide bonds. The number of hydrogen-bond donors (Lipinski definition) is 0. The van der Waals surface area contributed by atoms with Crippen molar-refractivity contribution in [3.8, 4) is 0 Å². The zero-order valence-electron chi connectivity index (χ0n) is 14.9. The van der Waals surface area contributed by atoms with Crippen LogP contribution in [0.2, 0.25) is 0 Å². The molecule has 1 aromatic heterocycles. The fraction of sp³-hybridized carbons (Fsp3) is 0.688. The van der Waals surface area contributed by atoms with E-state index in [2.05, 4.69) is 4.98 Å². The van der Waals surface area contributed by atoms with Gasteiger partial charge in [-0.2, -0.15) is 0 Å². The van der Waals surface area contributed by atoms with Crippen LogP contribution in [-0.2, 0) is 9.47 Å². The number of likely N-dealkylation sites (tertiary alicyclic amines) is 1. The normalized spacial score (nSPS) is 17.7. The highest BCUT2D eigenvalue weighted by Crippen LogP contribution is 2.35. The van der Waals surface area contributed by atoms with Gasteiger partial charge in [-0.05, 0) is 40.5 Å². The van der Waals surface area contributed by atoms with Crippen LogP contribution in [0.15, 0.2) is 5.38 Å². The Balaban J connectivity index is 2.10. The van der Waals surface area contributed by atoms with Crippen molar-refractivity contribution < 1.29 is 19.1 Å². The maximum atomic E-state index is 12.4. The summed E-state index contributed by atoms with van der Waals surface area (Å²) < 4.78 is 10.5. The lowest BCUT2D eigenvalue weighted by molar-refractivity contribution is 0.0222. The molecule has 0 aliphatic carbocycles. The van der Waals surface area contributed by atoms with Gasteiger partial charge in [-0.3, -0.25) is 9.80 Å². The molecule has 0 aromatic carbocycles. The summed E-state index contributed by atoms with van der Waals surface area (Å²) in [6.07, 6.45) is 0.989. The van der Waals surface area contributed by atoms with Gasteiger partial charge in [0.25, 0.3) is 0 Å². The molecule has 8 heteroatoms. The van der Waals surface area contributed by atoms with Crippen molar-refractivity contribution in [2.24, 2.45) is 0 Å². The van der Waals surface area contributed by atoms with Crippen molar-refractivity contribution in [2.45, 2.75) is 52.2 Å². The van der Waals surface area contributed by atoms with Crippen LogP contribution < -0.4 is 4.90 Å². The Labute approximate surface area is 146 Å². The summed E-state index contributed by atoms with van der Waals surface area (Å²) in [6, 6.07) is -0.111. The van der Waals surface area contributed by atoms with Gasteiger partial charge in [0.05, 0.1) is 18.3 Å². The molecule has 2 rings (SSSR count). The van der Waals surface area contributed by atoms with Crippen LogP contribution in [0.5, 0.6) is 0 Å². The molecule has 0 unspecified atom stereocenters. The molecule has 24 heavy (non-hydrogen) atoms. The third-order valence-electron chi connectivity index (χ3n) is 3.56. The SMILES string of the molecule is CCOC(=O)N(C)c1nc([C@H]2CCCN2C(=O)OC(C)(C)C)cs1. The predicted octanol–water partition coefficient (Wildman–Crippen LogP) is 3.81. The van der Waals surface area contributed by atoms with E-state index in [0.717, 1.165) is 18.5 Å². The Morgan fingerprint density at radius 2 is 2.17 bits per heavy atom. The lowest BCUT2D eigenvalue weighted by Gasteiger charge is -2.27. The number of rotatable bonds is 3. The molecule has 1 saturated heterocycles. The molecule has 0 saturated carbocycles. The van der Waals surface area contributed by atoms with Gasteiger partial charge in [0.1, 0.15) is 5.60 Å². The average molecular weight is 355 g/mol. The molecule has 1 atom stereocenters. The number of carbonyl (C=O) groups is 2. The van der Waals surface area contributed by atoms with Crippen molar-refractivity contribution in [2.75, 3.05) is 25.1 Å². The van der Waals surface area contributed by atoms with Crippen molar-refractivity contribution in [3.63, 3.8) is 0 Å². The van der Waals surface area contributed by atoms with Gasteiger partial charge in [-0.15, -0.1) is 11.3 Å². The van der Waals surface area contributed by atoms with Crippen molar-refractivity contribution in [3.05, 3.63) is 11.1 Å². The smallest absolute Gasteiger partial charge is 0.415 e. The standard InChI is InChI=1S/C16H25N3O4S/c1-6-22-14(20)18(5)13-17-11(10-24-13)12-8-7-9-19(12)15(21)23-16(2,3)4/h10,12H,6-9H2,1-5H3/t12-/m1/s1. The van der Waals surface area contributed by atoms with E-state index in [0.29, 0.717) is 18.3 Å². The first-order chi connectivity index (χ1) is 11.2. The molecular weight excluding hydrogens is 330 g/mol. The second-order valence-corrected chi connectivity index (χ2v) is 7.48. The van der Waals surface area contributed by atoms with Gasteiger partial charge >= 0.3 is 12.2 Å². The number of nitrogens with zero attached hydrogens (tertiary/aromatic N) is 3. The van der Waals surface area contributed by atoms with Gasteiger partial charge < -0.3 is 9.47 Å². The zero-order valence-corrected chi connectivity index (χ0v) is 15.7. The third-order valence-corrected chi connectivity index (χ3v) is 4.50. The van der Waals surface area contributed by atoms with E-state index in [1.807, 2.05) is 26.2 Å². The molecule has 0 spiro atoms. The first kappa shape index (κ1) is 18.5. The van der Waals surface area contributed by atoms with Gasteiger partial charge in [-0.25, -0.2) is 14.6 Å². The van der Waals surface area contributed by atoms with Crippen LogP contribution in [0.1, 0.15) is 52.3 Å². The lowest BCUT2D eigenvalue weighted by atomic mass is 10.2. The summed E-state index contributed by atoms with van der Waals surface area (Å²) in [5, 5.41) is 2.44. The van der Waals surface area contributed by atoms with Crippen LogP contribution >= 0.6 is 11.3 Å². The highest BCUT2D eigenvalue weighted by molar-refractivity contribution is 7.14. The number of aromatic nitrogens is 1. The predicted molar refractivity (Wildman–Crippen MR) is 92.5 cm³/mol. The molecular formula is C16H25N3O4S. The van der Waals surface area contributed by atoms with Gasteiger partial charge in [0.15, 0.2) is 5.13 Å². The number of amides is 2. The first-order valence-corrected chi connectivity index (χ1v) is 8.96. The molecule has 0 bridgehead atoms. The van der Waals surface area contributed by atoms with E-state index in [1.165, 1.54) is 16.2 Å². The molecule has 0 N–H and O–H groups in total. The van der Waals surface area contributed by atoms with Crippen LogP contribution in [-0.4, -0.2) is 47.9 Å². The number of hydrogen-bond acceptors (Lipinski definition) is 6. The Bertz CT molecular complexity index is 596. The average Bonchev–Trinajstić information content (AvgIpc) is 3.13. The van der Waals surface area contributed by atoms with E-state index < -0.39 is 11.7 Å². The summed E-state index contributed by atoms with van der Waals surface area (Å²) in [7, 11) is 1.63. The lowest BCUT2D eigenvalue weighted by Crippen LogP contribution is -2.36. The van der Waals surface area contributed by atoms with Crippen molar-refractivity contribution >= 4 is 28.7 Å². The fourth-order valence-corrected chi connectivity index (χ4v) is 3.32. The zero-order chi connectivity index (χ0) is 17.9. The van der Waals surface area contributed by atoms with Crippen LogP contribution in [0.4, 0.5) is 14.7 Å². The molecule has 1 aliphatic rings. The van der Waals surface area contributed by atoms with E-state index in [4.69, 9.17) is 9.47 Å². The van der Waals surface area contributed by atoms with Gasteiger partial charge in [-0.1, -0.05) is 0 Å². The van der Waals surface area contributed by atoms with E-state index in [1.54, 1.807) is 18.9 Å². The monoisotopic (exact) mass is 355 g/mol. The molecule has 0 radical (unpaired) electrons. The maximum Gasteiger partial charge on any atom is 0.415 e. The highest BCUT2D eigenvalue weighted by atomic mass is 32.1. The summed E-state index contributed by atoms with van der Waals surface area (Å²) in [6.45, 7) is 8.29. The van der Waals surface area contributed by atoms with E-state index in [9.17, 15) is 9.59 Å². The van der Waals surface area contributed by atoms with Crippen molar-refractivity contribution in [1.82, 2.24) is 9.88 Å². The molecule has 2 heterocycles. The number of anilines is 1. The Hall–Kier alpha value is -1.83. The molecule has 1 aliphatic heterocycles. The second kappa shape index (κ2) is 7.38.